The fourth-order valence-electron chi connectivity index (χ4n) is 2.43. The predicted molar refractivity (Wildman–Crippen MR) is 75.0 cm³/mol. The van der Waals surface area contributed by atoms with Gasteiger partial charge in [-0.25, -0.2) is 0 Å². The van der Waals surface area contributed by atoms with Crippen molar-refractivity contribution in [2.45, 2.75) is 25.5 Å². The monoisotopic (exact) mass is 276 g/mol. The van der Waals surface area contributed by atoms with Gasteiger partial charge in [-0.3, -0.25) is 9.59 Å². The average molecular weight is 276 g/mol. The molecular formula is C15H20N2O3. The Morgan fingerprint density at radius 3 is 2.60 bits per heavy atom. The third-order valence-electron chi connectivity index (χ3n) is 3.68. The summed E-state index contributed by atoms with van der Waals surface area (Å²) in [4.78, 5) is 26.2. The zero-order valence-corrected chi connectivity index (χ0v) is 12.1. The van der Waals surface area contributed by atoms with Crippen LogP contribution in [0.1, 0.15) is 25.5 Å². The zero-order chi connectivity index (χ0) is 14.8. The van der Waals surface area contributed by atoms with E-state index in [1.165, 1.54) is 7.11 Å². The van der Waals surface area contributed by atoms with Crippen LogP contribution in [0.3, 0.4) is 0 Å². The highest BCUT2D eigenvalue weighted by Gasteiger charge is 2.42. The van der Waals surface area contributed by atoms with E-state index in [-0.39, 0.29) is 11.8 Å². The summed E-state index contributed by atoms with van der Waals surface area (Å²) in [5.41, 5.74) is -0.0669. The van der Waals surface area contributed by atoms with Crippen LogP contribution in [0.15, 0.2) is 30.3 Å². The van der Waals surface area contributed by atoms with Crippen LogP contribution < -0.4 is 5.32 Å². The van der Waals surface area contributed by atoms with Gasteiger partial charge in [-0.15, -0.1) is 0 Å². The third-order valence-corrected chi connectivity index (χ3v) is 3.68. The molecule has 5 heteroatoms. The van der Waals surface area contributed by atoms with E-state index in [1.54, 1.807) is 18.7 Å². The molecule has 1 fully saturated rings. The second-order valence-electron chi connectivity index (χ2n) is 5.33. The number of carbonyl (C=O) groups excluding carboxylic acids is 2. The fourth-order valence-corrected chi connectivity index (χ4v) is 2.43. The summed E-state index contributed by atoms with van der Waals surface area (Å²) in [6.45, 7) is 4.46. The normalized spacial score (nSPS) is 19.4. The Morgan fingerprint density at radius 1 is 1.35 bits per heavy atom. The molecule has 1 N–H and O–H groups in total. The Bertz CT molecular complexity index is 499. The van der Waals surface area contributed by atoms with E-state index < -0.39 is 11.6 Å². The van der Waals surface area contributed by atoms with Gasteiger partial charge in [-0.05, 0) is 19.4 Å². The Morgan fingerprint density at radius 2 is 2.00 bits per heavy atom. The number of ether oxygens (including phenoxy) is 1. The molecule has 0 spiro atoms. The molecule has 1 aliphatic rings. The molecule has 2 rings (SSSR count). The van der Waals surface area contributed by atoms with Gasteiger partial charge >= 0.3 is 0 Å². The van der Waals surface area contributed by atoms with Crippen molar-refractivity contribution in [3.8, 4) is 0 Å². The summed E-state index contributed by atoms with van der Waals surface area (Å²) >= 11 is 0. The molecule has 0 aliphatic carbocycles. The largest absolute Gasteiger partial charge is 0.367 e. The van der Waals surface area contributed by atoms with E-state index >= 15 is 0 Å². The number of carbonyl (C=O) groups is 2. The lowest BCUT2D eigenvalue weighted by Gasteiger charge is -2.42. The van der Waals surface area contributed by atoms with E-state index in [1.807, 2.05) is 30.3 Å². The molecular weight excluding hydrogens is 256 g/mol. The minimum absolute atomic E-state index is 0.139. The molecule has 1 aromatic carbocycles. The molecule has 0 radical (unpaired) electrons. The van der Waals surface area contributed by atoms with Crippen LogP contribution >= 0.6 is 0 Å². The first kappa shape index (κ1) is 14.5. The summed E-state index contributed by atoms with van der Waals surface area (Å²) < 4.78 is 5.36. The smallest absolute Gasteiger partial charge is 0.257 e. The number of methoxy groups -OCH3 is 1. The molecule has 0 aromatic heterocycles. The van der Waals surface area contributed by atoms with Crippen LogP contribution in [0, 0.1) is 0 Å². The molecule has 1 aliphatic heterocycles. The maximum atomic E-state index is 12.7. The first-order valence-electron chi connectivity index (χ1n) is 6.66. The summed E-state index contributed by atoms with van der Waals surface area (Å²) in [7, 11) is 1.51. The highest BCUT2D eigenvalue weighted by atomic mass is 16.5. The molecule has 1 unspecified atom stereocenters. The number of amides is 2. The SMILES string of the molecule is COC(C(=O)N1CCNC(=O)C1(C)C)c1ccccc1. The highest BCUT2D eigenvalue weighted by Crippen LogP contribution is 2.25. The van der Waals surface area contributed by atoms with Crippen molar-refractivity contribution in [2.24, 2.45) is 0 Å². The van der Waals surface area contributed by atoms with Gasteiger partial charge in [0.05, 0.1) is 0 Å². The molecule has 20 heavy (non-hydrogen) atoms. The molecule has 1 aromatic rings. The van der Waals surface area contributed by atoms with E-state index in [4.69, 9.17) is 4.74 Å². The van der Waals surface area contributed by atoms with E-state index in [0.717, 1.165) is 5.56 Å². The van der Waals surface area contributed by atoms with Gasteiger partial charge in [-0.1, -0.05) is 30.3 Å². The van der Waals surface area contributed by atoms with Crippen molar-refractivity contribution in [3.63, 3.8) is 0 Å². The number of benzene rings is 1. The van der Waals surface area contributed by atoms with Gasteiger partial charge < -0.3 is 15.0 Å². The van der Waals surface area contributed by atoms with Crippen LogP contribution in [0.2, 0.25) is 0 Å². The Hall–Kier alpha value is -1.88. The molecule has 1 atom stereocenters. The fraction of sp³-hybridized carbons (Fsp3) is 0.467. The molecule has 0 saturated carbocycles. The molecule has 1 saturated heterocycles. The number of piperazine rings is 1. The number of nitrogens with zero attached hydrogens (tertiary/aromatic N) is 1. The van der Waals surface area contributed by atoms with Gasteiger partial charge in [0.25, 0.3) is 5.91 Å². The second-order valence-corrected chi connectivity index (χ2v) is 5.33. The zero-order valence-electron chi connectivity index (χ0n) is 12.1. The standard InChI is InChI=1S/C15H20N2O3/c1-15(2)14(19)16-9-10-17(15)13(18)12(20-3)11-7-5-4-6-8-11/h4-8,12H,9-10H2,1-3H3,(H,16,19). The summed E-state index contributed by atoms with van der Waals surface area (Å²) in [5.74, 6) is -0.321. The van der Waals surface area contributed by atoms with Gasteiger partial charge in [0, 0.05) is 20.2 Å². The van der Waals surface area contributed by atoms with Crippen molar-refractivity contribution >= 4 is 11.8 Å². The topological polar surface area (TPSA) is 58.6 Å². The van der Waals surface area contributed by atoms with Gasteiger partial charge in [0.1, 0.15) is 5.54 Å². The summed E-state index contributed by atoms with van der Waals surface area (Å²) in [6.07, 6.45) is -0.679. The Balaban J connectivity index is 2.27. The molecule has 0 bridgehead atoms. The first-order valence-corrected chi connectivity index (χ1v) is 6.66. The average Bonchev–Trinajstić information content (AvgIpc) is 2.43. The van der Waals surface area contributed by atoms with Crippen LogP contribution in [0.4, 0.5) is 0 Å². The quantitative estimate of drug-likeness (QED) is 0.899. The van der Waals surface area contributed by atoms with Crippen LogP contribution in [0.5, 0.6) is 0 Å². The van der Waals surface area contributed by atoms with E-state index in [0.29, 0.717) is 13.1 Å². The maximum Gasteiger partial charge on any atom is 0.257 e. The van der Waals surface area contributed by atoms with Crippen molar-refractivity contribution in [1.29, 1.82) is 0 Å². The van der Waals surface area contributed by atoms with Crippen LogP contribution in [-0.2, 0) is 14.3 Å². The van der Waals surface area contributed by atoms with Gasteiger partial charge in [0.15, 0.2) is 6.10 Å². The Labute approximate surface area is 118 Å². The third kappa shape index (κ3) is 2.54. The van der Waals surface area contributed by atoms with E-state index in [2.05, 4.69) is 5.32 Å². The first-order chi connectivity index (χ1) is 9.48. The number of hydrogen-bond acceptors (Lipinski definition) is 3. The summed E-state index contributed by atoms with van der Waals surface area (Å²) in [6, 6.07) is 9.32. The second kappa shape index (κ2) is 5.63. The van der Waals surface area contributed by atoms with Crippen LogP contribution in [-0.4, -0.2) is 42.5 Å². The van der Waals surface area contributed by atoms with Gasteiger partial charge in [-0.2, -0.15) is 0 Å². The molecule has 5 nitrogen and oxygen atoms in total. The molecule has 1 heterocycles. The van der Waals surface area contributed by atoms with Gasteiger partial charge in [0.2, 0.25) is 5.91 Å². The Kier molecular flexibility index (Phi) is 4.09. The van der Waals surface area contributed by atoms with Crippen molar-refractivity contribution in [2.75, 3.05) is 20.2 Å². The summed E-state index contributed by atoms with van der Waals surface area (Å²) in [5, 5.41) is 2.78. The maximum absolute atomic E-state index is 12.7. The minimum atomic E-state index is -0.860. The predicted octanol–water partition coefficient (Wildman–Crippen LogP) is 1.11. The number of rotatable bonds is 3. The van der Waals surface area contributed by atoms with Crippen molar-refractivity contribution in [1.82, 2.24) is 10.2 Å². The molecule has 108 valence electrons. The van der Waals surface area contributed by atoms with E-state index in [9.17, 15) is 9.59 Å². The van der Waals surface area contributed by atoms with Crippen molar-refractivity contribution < 1.29 is 14.3 Å². The number of nitrogens with one attached hydrogen (secondary N) is 1. The lowest BCUT2D eigenvalue weighted by Crippen LogP contribution is -2.64. The lowest BCUT2D eigenvalue weighted by molar-refractivity contribution is -0.156. The number of hydrogen-bond donors (Lipinski definition) is 1. The minimum Gasteiger partial charge on any atom is -0.367 e. The van der Waals surface area contributed by atoms with Crippen molar-refractivity contribution in [3.05, 3.63) is 35.9 Å². The van der Waals surface area contributed by atoms with Crippen LogP contribution in [0.25, 0.3) is 0 Å². The molecule has 2 amide bonds. The highest BCUT2D eigenvalue weighted by molar-refractivity contribution is 5.93. The lowest BCUT2D eigenvalue weighted by atomic mass is 9.97.